The summed E-state index contributed by atoms with van der Waals surface area (Å²) in [6.45, 7) is 0.901. The average molecular weight is 245 g/mol. The van der Waals surface area contributed by atoms with Crippen molar-refractivity contribution in [3.63, 3.8) is 0 Å². The van der Waals surface area contributed by atoms with Gasteiger partial charge in [0, 0.05) is 18.8 Å². The maximum absolute atomic E-state index is 12.5. The van der Waals surface area contributed by atoms with Crippen molar-refractivity contribution in [2.75, 3.05) is 12.3 Å². The largest absolute Gasteiger partial charge is 0.384 e. The lowest BCUT2D eigenvalue weighted by molar-refractivity contribution is 0.0690. The van der Waals surface area contributed by atoms with E-state index in [4.69, 9.17) is 5.73 Å². The molecular formula is C14H19N3O. The van der Waals surface area contributed by atoms with Crippen molar-refractivity contribution in [1.82, 2.24) is 9.88 Å². The Morgan fingerprint density at radius 2 is 2.11 bits per heavy atom. The number of aromatic nitrogens is 1. The number of likely N-dealkylation sites (tertiary alicyclic amines) is 1. The molecule has 4 heteroatoms. The Kier molecular flexibility index (Phi) is 2.94. The van der Waals surface area contributed by atoms with Gasteiger partial charge in [-0.1, -0.05) is 12.8 Å². The number of carbonyl (C=O) groups is 1. The van der Waals surface area contributed by atoms with Crippen LogP contribution >= 0.6 is 0 Å². The molecule has 0 bridgehead atoms. The highest BCUT2D eigenvalue weighted by atomic mass is 16.2. The van der Waals surface area contributed by atoms with E-state index >= 15 is 0 Å². The molecule has 1 aliphatic heterocycles. The zero-order valence-electron chi connectivity index (χ0n) is 10.5. The van der Waals surface area contributed by atoms with Gasteiger partial charge in [0.1, 0.15) is 5.82 Å². The van der Waals surface area contributed by atoms with Gasteiger partial charge in [-0.05, 0) is 37.3 Å². The SMILES string of the molecule is Nc1ccc(C(=O)N2CCC3CCCCC32)cn1. The van der Waals surface area contributed by atoms with Crippen LogP contribution in [-0.4, -0.2) is 28.4 Å². The fourth-order valence-corrected chi connectivity index (χ4v) is 3.36. The number of hydrogen-bond acceptors (Lipinski definition) is 3. The van der Waals surface area contributed by atoms with Gasteiger partial charge in [-0.25, -0.2) is 4.98 Å². The molecule has 2 N–H and O–H groups in total. The van der Waals surface area contributed by atoms with Gasteiger partial charge >= 0.3 is 0 Å². The maximum Gasteiger partial charge on any atom is 0.255 e. The van der Waals surface area contributed by atoms with Gasteiger partial charge in [0.2, 0.25) is 0 Å². The van der Waals surface area contributed by atoms with Crippen LogP contribution in [0.15, 0.2) is 18.3 Å². The molecular weight excluding hydrogens is 226 g/mol. The third-order valence-corrected chi connectivity index (χ3v) is 4.30. The minimum atomic E-state index is 0.122. The van der Waals surface area contributed by atoms with E-state index in [0.29, 0.717) is 17.4 Å². The minimum absolute atomic E-state index is 0.122. The third-order valence-electron chi connectivity index (χ3n) is 4.30. The zero-order valence-corrected chi connectivity index (χ0v) is 10.5. The summed E-state index contributed by atoms with van der Waals surface area (Å²) in [5.41, 5.74) is 6.21. The molecule has 96 valence electrons. The Morgan fingerprint density at radius 1 is 1.28 bits per heavy atom. The third kappa shape index (κ3) is 1.96. The highest BCUT2D eigenvalue weighted by molar-refractivity contribution is 5.94. The number of carbonyl (C=O) groups excluding carboxylic acids is 1. The molecule has 1 aliphatic carbocycles. The molecule has 1 aromatic rings. The predicted octanol–water partition coefficient (Wildman–Crippen LogP) is 2.07. The first kappa shape index (κ1) is 11.5. The second kappa shape index (κ2) is 4.59. The van der Waals surface area contributed by atoms with Gasteiger partial charge in [0.15, 0.2) is 0 Å². The van der Waals surface area contributed by atoms with Crippen molar-refractivity contribution < 1.29 is 4.79 Å². The Balaban J connectivity index is 1.78. The van der Waals surface area contributed by atoms with Crippen LogP contribution in [0.25, 0.3) is 0 Å². The fraction of sp³-hybridized carbons (Fsp3) is 0.571. The highest BCUT2D eigenvalue weighted by Gasteiger charge is 2.38. The summed E-state index contributed by atoms with van der Waals surface area (Å²) in [5.74, 6) is 1.31. The van der Waals surface area contributed by atoms with Gasteiger partial charge < -0.3 is 10.6 Å². The molecule has 2 atom stereocenters. The Morgan fingerprint density at radius 3 is 2.89 bits per heavy atom. The quantitative estimate of drug-likeness (QED) is 0.824. The van der Waals surface area contributed by atoms with Crippen LogP contribution in [0.4, 0.5) is 5.82 Å². The number of amides is 1. The second-order valence-corrected chi connectivity index (χ2v) is 5.37. The standard InChI is InChI=1S/C14H19N3O/c15-13-6-5-11(9-16-13)14(18)17-8-7-10-3-1-2-4-12(10)17/h5-6,9-10,12H,1-4,7-8H2,(H2,15,16). The molecule has 2 unspecified atom stereocenters. The smallest absolute Gasteiger partial charge is 0.255 e. The van der Waals surface area contributed by atoms with Crippen molar-refractivity contribution in [2.45, 2.75) is 38.1 Å². The molecule has 1 aromatic heterocycles. The van der Waals surface area contributed by atoms with Crippen LogP contribution in [0.2, 0.25) is 0 Å². The molecule has 0 spiro atoms. The van der Waals surface area contributed by atoms with Crippen LogP contribution in [0.3, 0.4) is 0 Å². The summed E-state index contributed by atoms with van der Waals surface area (Å²) in [5, 5.41) is 0. The Bertz CT molecular complexity index is 443. The molecule has 3 rings (SSSR count). The Labute approximate surface area is 107 Å². The van der Waals surface area contributed by atoms with E-state index in [9.17, 15) is 4.79 Å². The van der Waals surface area contributed by atoms with Gasteiger partial charge in [-0.2, -0.15) is 0 Å². The van der Waals surface area contributed by atoms with Crippen LogP contribution < -0.4 is 5.73 Å². The summed E-state index contributed by atoms with van der Waals surface area (Å²) in [7, 11) is 0. The van der Waals surface area contributed by atoms with E-state index in [-0.39, 0.29) is 5.91 Å². The van der Waals surface area contributed by atoms with E-state index in [1.807, 2.05) is 0 Å². The number of nitrogen functional groups attached to an aromatic ring is 1. The predicted molar refractivity (Wildman–Crippen MR) is 70.0 cm³/mol. The summed E-state index contributed by atoms with van der Waals surface area (Å²) in [6.07, 6.45) is 7.79. The van der Waals surface area contributed by atoms with Crippen molar-refractivity contribution in [3.8, 4) is 0 Å². The number of anilines is 1. The molecule has 1 amide bonds. The zero-order chi connectivity index (χ0) is 12.5. The highest BCUT2D eigenvalue weighted by Crippen LogP contribution is 2.36. The molecule has 0 aromatic carbocycles. The average Bonchev–Trinajstić information content (AvgIpc) is 2.82. The number of rotatable bonds is 1. The van der Waals surface area contributed by atoms with E-state index in [1.54, 1.807) is 18.3 Å². The van der Waals surface area contributed by atoms with Crippen molar-refractivity contribution in [2.24, 2.45) is 5.92 Å². The molecule has 2 aliphatic rings. The van der Waals surface area contributed by atoms with Crippen LogP contribution in [0.1, 0.15) is 42.5 Å². The topological polar surface area (TPSA) is 59.2 Å². The lowest BCUT2D eigenvalue weighted by atomic mass is 9.85. The van der Waals surface area contributed by atoms with Crippen molar-refractivity contribution in [3.05, 3.63) is 23.9 Å². The van der Waals surface area contributed by atoms with Gasteiger partial charge in [-0.15, -0.1) is 0 Å². The van der Waals surface area contributed by atoms with Crippen LogP contribution in [0.5, 0.6) is 0 Å². The summed E-state index contributed by atoms with van der Waals surface area (Å²) in [6, 6.07) is 3.94. The van der Waals surface area contributed by atoms with E-state index in [2.05, 4.69) is 9.88 Å². The lowest BCUT2D eigenvalue weighted by Gasteiger charge is -2.31. The first-order chi connectivity index (χ1) is 8.75. The summed E-state index contributed by atoms with van der Waals surface area (Å²) < 4.78 is 0. The number of nitrogens with zero attached hydrogens (tertiary/aromatic N) is 2. The molecule has 4 nitrogen and oxygen atoms in total. The number of pyridine rings is 1. The maximum atomic E-state index is 12.5. The van der Waals surface area contributed by atoms with Gasteiger partial charge in [0.25, 0.3) is 5.91 Å². The van der Waals surface area contributed by atoms with Gasteiger partial charge in [0.05, 0.1) is 5.56 Å². The van der Waals surface area contributed by atoms with E-state index < -0.39 is 0 Å². The normalized spacial score (nSPS) is 27.0. The molecule has 2 heterocycles. The Hall–Kier alpha value is -1.58. The number of fused-ring (bicyclic) bond motifs is 1. The van der Waals surface area contributed by atoms with Crippen LogP contribution in [0, 0.1) is 5.92 Å². The first-order valence-corrected chi connectivity index (χ1v) is 6.78. The summed E-state index contributed by atoms with van der Waals surface area (Å²) >= 11 is 0. The van der Waals surface area contributed by atoms with Crippen LogP contribution in [-0.2, 0) is 0 Å². The molecule has 1 saturated carbocycles. The van der Waals surface area contributed by atoms with E-state index in [0.717, 1.165) is 12.5 Å². The number of nitrogens with two attached hydrogens (primary N) is 1. The molecule has 2 fully saturated rings. The molecule has 18 heavy (non-hydrogen) atoms. The van der Waals surface area contributed by atoms with E-state index in [1.165, 1.54) is 32.1 Å². The first-order valence-electron chi connectivity index (χ1n) is 6.78. The van der Waals surface area contributed by atoms with Crippen molar-refractivity contribution in [1.29, 1.82) is 0 Å². The molecule has 1 saturated heterocycles. The summed E-state index contributed by atoms with van der Waals surface area (Å²) in [4.78, 5) is 18.5. The minimum Gasteiger partial charge on any atom is -0.384 e. The second-order valence-electron chi connectivity index (χ2n) is 5.37. The fourth-order valence-electron chi connectivity index (χ4n) is 3.36. The monoisotopic (exact) mass is 245 g/mol. The number of hydrogen-bond donors (Lipinski definition) is 1. The van der Waals surface area contributed by atoms with Gasteiger partial charge in [-0.3, -0.25) is 4.79 Å². The molecule has 0 radical (unpaired) electrons. The van der Waals surface area contributed by atoms with Crippen molar-refractivity contribution >= 4 is 11.7 Å². The lowest BCUT2D eigenvalue weighted by Crippen LogP contribution is -2.39.